The van der Waals surface area contributed by atoms with Crippen LogP contribution in [0.5, 0.6) is 0 Å². The van der Waals surface area contributed by atoms with Crippen molar-refractivity contribution in [3.05, 3.63) is 23.8 Å². The van der Waals surface area contributed by atoms with Crippen molar-refractivity contribution in [2.24, 2.45) is 0 Å². The fourth-order valence-corrected chi connectivity index (χ4v) is 1.51. The molecular weight excluding hydrogens is 150 g/mol. The molecule has 0 bridgehead atoms. The van der Waals surface area contributed by atoms with Crippen LogP contribution in [0.2, 0.25) is 0 Å². The van der Waals surface area contributed by atoms with Crippen LogP contribution < -0.4 is 0 Å². The lowest BCUT2D eigenvalue weighted by atomic mass is 10.2. The summed E-state index contributed by atoms with van der Waals surface area (Å²) < 4.78 is 2.21. The summed E-state index contributed by atoms with van der Waals surface area (Å²) in [4.78, 5) is 0. The summed E-state index contributed by atoms with van der Waals surface area (Å²) in [5.41, 5.74) is 0. The molecule has 3 heteroatoms. The predicted molar refractivity (Wildman–Crippen MR) is 46.9 cm³/mol. The van der Waals surface area contributed by atoms with Crippen molar-refractivity contribution in [3.63, 3.8) is 0 Å². The zero-order valence-electron chi connectivity index (χ0n) is 7.32. The molecule has 1 aromatic heterocycles. The van der Waals surface area contributed by atoms with Crippen LogP contribution in [-0.2, 0) is 19.4 Å². The highest BCUT2D eigenvalue weighted by Crippen LogP contribution is 2.09. The van der Waals surface area contributed by atoms with E-state index in [9.17, 15) is 0 Å². The molecule has 0 unspecified atom stereocenters. The maximum Gasteiger partial charge on any atom is 0.137 e. The van der Waals surface area contributed by atoms with Crippen LogP contribution in [0.15, 0.2) is 12.2 Å². The van der Waals surface area contributed by atoms with Gasteiger partial charge in [-0.3, -0.25) is 0 Å². The zero-order chi connectivity index (χ0) is 8.39. The summed E-state index contributed by atoms with van der Waals surface area (Å²) in [6, 6.07) is 0. The molecule has 0 aromatic carbocycles. The third-order valence-corrected chi connectivity index (χ3v) is 2.13. The molecule has 1 aliphatic heterocycles. The van der Waals surface area contributed by atoms with Gasteiger partial charge in [0.15, 0.2) is 0 Å². The van der Waals surface area contributed by atoms with Crippen LogP contribution in [0.1, 0.15) is 25.0 Å². The fourth-order valence-electron chi connectivity index (χ4n) is 1.51. The summed E-state index contributed by atoms with van der Waals surface area (Å²) >= 11 is 0. The van der Waals surface area contributed by atoms with Gasteiger partial charge in [-0.05, 0) is 6.42 Å². The summed E-state index contributed by atoms with van der Waals surface area (Å²) in [7, 11) is 0. The van der Waals surface area contributed by atoms with E-state index in [4.69, 9.17) is 0 Å². The lowest BCUT2D eigenvalue weighted by Crippen LogP contribution is -2.09. The number of allylic oxidation sites excluding steroid dienone is 2. The quantitative estimate of drug-likeness (QED) is 0.616. The molecule has 2 rings (SSSR count). The van der Waals surface area contributed by atoms with E-state index < -0.39 is 0 Å². The summed E-state index contributed by atoms with van der Waals surface area (Å²) in [5, 5.41) is 8.30. The highest BCUT2D eigenvalue weighted by molar-refractivity contribution is 5.07. The first-order valence-electron chi connectivity index (χ1n) is 4.47. The predicted octanol–water partition coefficient (Wildman–Crippen LogP) is 1.34. The smallest absolute Gasteiger partial charge is 0.137 e. The molecule has 0 atom stereocenters. The van der Waals surface area contributed by atoms with Crippen molar-refractivity contribution in [1.82, 2.24) is 14.8 Å². The molecule has 0 radical (unpaired) electrons. The maximum absolute atomic E-state index is 4.16. The largest absolute Gasteiger partial charge is 0.311 e. The number of aromatic nitrogens is 3. The number of aryl methyl sites for hydroxylation is 1. The molecule has 0 saturated heterocycles. The number of hydrogen-bond acceptors (Lipinski definition) is 2. The monoisotopic (exact) mass is 163 g/mol. The lowest BCUT2D eigenvalue weighted by Gasteiger charge is -2.09. The molecule has 0 fully saturated rings. The minimum absolute atomic E-state index is 0.941. The first kappa shape index (κ1) is 7.53. The Kier molecular flexibility index (Phi) is 1.94. The number of fused-ring (bicyclic) bond motifs is 1. The zero-order valence-corrected chi connectivity index (χ0v) is 7.32. The van der Waals surface area contributed by atoms with Gasteiger partial charge in [0.1, 0.15) is 11.6 Å². The Morgan fingerprint density at radius 2 is 2.33 bits per heavy atom. The van der Waals surface area contributed by atoms with Crippen LogP contribution in [-0.4, -0.2) is 14.8 Å². The second-order valence-corrected chi connectivity index (χ2v) is 3.07. The average Bonchev–Trinajstić information content (AvgIpc) is 2.50. The van der Waals surface area contributed by atoms with Crippen molar-refractivity contribution in [2.75, 3.05) is 0 Å². The van der Waals surface area contributed by atoms with E-state index in [-0.39, 0.29) is 0 Å². The number of nitrogens with zero attached hydrogens (tertiary/aromatic N) is 3. The minimum Gasteiger partial charge on any atom is -0.311 e. The molecule has 0 amide bonds. The third kappa shape index (κ3) is 1.15. The van der Waals surface area contributed by atoms with E-state index in [1.165, 1.54) is 0 Å². The normalized spacial score (nSPS) is 14.8. The highest BCUT2D eigenvalue weighted by Gasteiger charge is 2.10. The fraction of sp³-hybridized carbons (Fsp3) is 0.556. The topological polar surface area (TPSA) is 30.7 Å². The van der Waals surface area contributed by atoms with Gasteiger partial charge in [0.05, 0.1) is 0 Å². The maximum atomic E-state index is 4.16. The van der Waals surface area contributed by atoms with Gasteiger partial charge in [-0.25, -0.2) is 0 Å². The first-order valence-corrected chi connectivity index (χ1v) is 4.47. The first-order chi connectivity index (χ1) is 5.92. The van der Waals surface area contributed by atoms with E-state index in [1.54, 1.807) is 0 Å². The summed E-state index contributed by atoms with van der Waals surface area (Å²) in [6.07, 6.45) is 7.45. The Morgan fingerprint density at radius 3 is 3.17 bits per heavy atom. The molecule has 0 saturated carbocycles. The van der Waals surface area contributed by atoms with Gasteiger partial charge in [-0.1, -0.05) is 19.1 Å². The molecule has 12 heavy (non-hydrogen) atoms. The molecule has 0 aliphatic carbocycles. The molecular formula is C9H13N3. The van der Waals surface area contributed by atoms with Gasteiger partial charge in [-0.2, -0.15) is 0 Å². The Hall–Kier alpha value is -1.12. The average molecular weight is 163 g/mol. The van der Waals surface area contributed by atoms with Gasteiger partial charge in [0.25, 0.3) is 0 Å². The molecule has 1 aromatic rings. The number of rotatable bonds is 2. The molecule has 3 nitrogen and oxygen atoms in total. The van der Waals surface area contributed by atoms with Crippen molar-refractivity contribution in [1.29, 1.82) is 0 Å². The van der Waals surface area contributed by atoms with Crippen LogP contribution in [0.25, 0.3) is 0 Å². The van der Waals surface area contributed by atoms with E-state index in [0.717, 1.165) is 37.5 Å². The van der Waals surface area contributed by atoms with Crippen molar-refractivity contribution in [2.45, 2.75) is 32.7 Å². The molecule has 64 valence electrons. The van der Waals surface area contributed by atoms with E-state index in [1.807, 2.05) is 0 Å². The molecule has 1 aliphatic rings. The van der Waals surface area contributed by atoms with Crippen LogP contribution in [0, 0.1) is 0 Å². The van der Waals surface area contributed by atoms with Gasteiger partial charge in [0, 0.05) is 19.4 Å². The summed E-state index contributed by atoms with van der Waals surface area (Å²) in [5.74, 6) is 2.25. The van der Waals surface area contributed by atoms with E-state index >= 15 is 0 Å². The van der Waals surface area contributed by atoms with Gasteiger partial charge in [0.2, 0.25) is 0 Å². The SMILES string of the molecule is CCCc1nnc2n1CC=CC2. The standard InChI is InChI=1S/C9H13N3/c1-2-5-8-10-11-9-6-3-4-7-12(8)9/h3-4H,2,5-7H2,1H3. The van der Waals surface area contributed by atoms with Crippen LogP contribution in [0.4, 0.5) is 0 Å². The van der Waals surface area contributed by atoms with Crippen LogP contribution in [0.3, 0.4) is 0 Å². The Balaban J connectivity index is 2.29. The van der Waals surface area contributed by atoms with Crippen molar-refractivity contribution >= 4 is 0 Å². The van der Waals surface area contributed by atoms with E-state index in [2.05, 4.69) is 33.8 Å². The van der Waals surface area contributed by atoms with Crippen molar-refractivity contribution in [3.8, 4) is 0 Å². The number of hydrogen-bond donors (Lipinski definition) is 0. The van der Waals surface area contributed by atoms with Crippen LogP contribution >= 0.6 is 0 Å². The molecule has 0 spiro atoms. The third-order valence-electron chi connectivity index (χ3n) is 2.13. The Morgan fingerprint density at radius 1 is 1.42 bits per heavy atom. The second kappa shape index (κ2) is 3.09. The van der Waals surface area contributed by atoms with Crippen molar-refractivity contribution < 1.29 is 0 Å². The Bertz CT molecular complexity index is 299. The van der Waals surface area contributed by atoms with Gasteiger partial charge < -0.3 is 4.57 Å². The summed E-state index contributed by atoms with van der Waals surface area (Å²) in [6.45, 7) is 3.12. The van der Waals surface area contributed by atoms with Gasteiger partial charge >= 0.3 is 0 Å². The Labute approximate surface area is 72.1 Å². The second-order valence-electron chi connectivity index (χ2n) is 3.07. The van der Waals surface area contributed by atoms with E-state index in [0.29, 0.717) is 0 Å². The lowest BCUT2D eigenvalue weighted by molar-refractivity contribution is 0.677. The molecule has 0 N–H and O–H groups in total. The molecule has 2 heterocycles. The highest BCUT2D eigenvalue weighted by atomic mass is 15.3. The minimum atomic E-state index is 0.941. The van der Waals surface area contributed by atoms with Gasteiger partial charge in [-0.15, -0.1) is 10.2 Å².